The lowest BCUT2D eigenvalue weighted by Crippen LogP contribution is -2.56. The highest BCUT2D eigenvalue weighted by atomic mass is 16.1. The molecule has 0 radical (unpaired) electrons. The smallest absolute Gasteiger partial charge is 0.136 e. The Morgan fingerprint density at radius 3 is 2.64 bits per heavy atom. The van der Waals surface area contributed by atoms with Crippen LogP contribution in [-0.2, 0) is 4.79 Å². The molecule has 4 saturated carbocycles. The van der Waals surface area contributed by atoms with Crippen molar-refractivity contribution >= 4 is 5.78 Å². The summed E-state index contributed by atoms with van der Waals surface area (Å²) in [6.07, 6.45) is 9.83. The Morgan fingerprint density at radius 1 is 1.09 bits per heavy atom. The molecule has 0 heterocycles. The van der Waals surface area contributed by atoms with Gasteiger partial charge in [-0.2, -0.15) is 0 Å². The molecule has 4 fully saturated rings. The Labute approximate surface area is 135 Å². The molecule has 4 rings (SSSR count). The van der Waals surface area contributed by atoms with Gasteiger partial charge in [-0.3, -0.25) is 4.79 Å². The van der Waals surface area contributed by atoms with Crippen LogP contribution in [0.4, 0.5) is 0 Å². The second-order valence-corrected chi connectivity index (χ2v) is 9.59. The summed E-state index contributed by atoms with van der Waals surface area (Å²) in [6.45, 7) is 11.7. The van der Waals surface area contributed by atoms with Crippen LogP contribution in [0, 0.1) is 40.4 Å². The number of hydrogen-bond donors (Lipinski definition) is 0. The van der Waals surface area contributed by atoms with Gasteiger partial charge in [0.25, 0.3) is 0 Å². The summed E-state index contributed by atoms with van der Waals surface area (Å²) in [4.78, 5) is 13.1. The van der Waals surface area contributed by atoms with E-state index in [0.717, 1.165) is 18.8 Å². The summed E-state index contributed by atoms with van der Waals surface area (Å²) in [6, 6.07) is 0. The summed E-state index contributed by atoms with van der Waals surface area (Å²) in [5, 5.41) is 0. The van der Waals surface area contributed by atoms with E-state index in [4.69, 9.17) is 0 Å². The third-order valence-electron chi connectivity index (χ3n) is 8.69. The van der Waals surface area contributed by atoms with Crippen molar-refractivity contribution in [2.45, 2.75) is 72.1 Å². The number of rotatable bonds is 0. The van der Waals surface area contributed by atoms with Gasteiger partial charge in [-0.15, -0.1) is 0 Å². The Morgan fingerprint density at radius 2 is 1.86 bits per heavy atom. The van der Waals surface area contributed by atoms with E-state index in [9.17, 15) is 4.79 Å². The summed E-state index contributed by atoms with van der Waals surface area (Å²) in [5.41, 5.74) is 2.14. The number of hydrogen-bond acceptors (Lipinski definition) is 1. The zero-order valence-electron chi connectivity index (χ0n) is 14.7. The van der Waals surface area contributed by atoms with Crippen LogP contribution in [0.15, 0.2) is 12.2 Å². The fourth-order valence-corrected chi connectivity index (χ4v) is 7.06. The molecule has 0 aliphatic heterocycles. The average Bonchev–Trinajstić information content (AvgIpc) is 2.77. The van der Waals surface area contributed by atoms with Crippen molar-refractivity contribution in [1.82, 2.24) is 0 Å². The van der Waals surface area contributed by atoms with Crippen LogP contribution in [0.25, 0.3) is 0 Å². The molecule has 0 bridgehead atoms. The molecule has 4 aliphatic rings. The summed E-state index contributed by atoms with van der Waals surface area (Å²) in [5.74, 6) is 3.72. The van der Waals surface area contributed by atoms with Gasteiger partial charge < -0.3 is 0 Å². The van der Waals surface area contributed by atoms with E-state index in [2.05, 4.69) is 27.4 Å². The van der Waals surface area contributed by atoms with E-state index in [1.54, 1.807) is 0 Å². The Balaban J connectivity index is 1.70. The quantitative estimate of drug-likeness (QED) is 0.547. The molecule has 4 unspecified atom stereocenters. The lowest BCUT2D eigenvalue weighted by Gasteiger charge is -2.59. The first-order valence-corrected chi connectivity index (χ1v) is 9.57. The van der Waals surface area contributed by atoms with E-state index in [0.29, 0.717) is 34.9 Å². The first-order valence-electron chi connectivity index (χ1n) is 9.57. The van der Waals surface area contributed by atoms with Crippen LogP contribution in [0.1, 0.15) is 72.1 Å². The number of allylic oxidation sites excluding steroid dienone is 1. The van der Waals surface area contributed by atoms with Gasteiger partial charge in [0.1, 0.15) is 5.78 Å². The number of carbonyl (C=O) groups is 1. The molecule has 0 amide bonds. The Kier molecular flexibility index (Phi) is 3.20. The summed E-state index contributed by atoms with van der Waals surface area (Å²) < 4.78 is 0. The van der Waals surface area contributed by atoms with Crippen LogP contribution in [0.5, 0.6) is 0 Å². The predicted molar refractivity (Wildman–Crippen MR) is 90.4 cm³/mol. The number of Topliss-reactive ketones (excluding diaryl/α,β-unsaturated/α-hetero) is 1. The van der Waals surface area contributed by atoms with E-state index in [-0.39, 0.29) is 5.41 Å². The monoisotopic (exact) mass is 300 g/mol. The Hall–Kier alpha value is -0.590. The zero-order valence-corrected chi connectivity index (χ0v) is 14.7. The molecule has 0 aromatic rings. The minimum absolute atomic E-state index is 0.266. The third kappa shape index (κ3) is 1.80. The van der Waals surface area contributed by atoms with Gasteiger partial charge in [0.2, 0.25) is 0 Å². The van der Waals surface area contributed by atoms with Crippen molar-refractivity contribution in [3.05, 3.63) is 12.2 Å². The lowest BCUT2D eigenvalue weighted by molar-refractivity contribution is -0.154. The van der Waals surface area contributed by atoms with Gasteiger partial charge in [0, 0.05) is 12.3 Å². The van der Waals surface area contributed by atoms with Gasteiger partial charge in [0.15, 0.2) is 0 Å². The van der Waals surface area contributed by atoms with E-state index < -0.39 is 0 Å². The normalized spacial score (nSPS) is 54.6. The third-order valence-corrected chi connectivity index (χ3v) is 8.69. The average molecular weight is 300 g/mol. The van der Waals surface area contributed by atoms with Crippen molar-refractivity contribution < 1.29 is 4.79 Å². The van der Waals surface area contributed by atoms with E-state index in [1.807, 2.05) is 0 Å². The van der Waals surface area contributed by atoms with Crippen LogP contribution in [0.2, 0.25) is 0 Å². The second-order valence-electron chi connectivity index (χ2n) is 9.59. The highest BCUT2D eigenvalue weighted by Gasteiger charge is 2.61. The minimum Gasteiger partial charge on any atom is -0.299 e. The standard InChI is InChI=1S/C21H32O/c1-13-7-9-21(4)15(11-13)12-18(22)19-16-6-5-14(2)20(16,3)10-8-17(19)21/h13,15-17,19H,2,5-12H2,1,3-4H3/t13-,15?,16?,17?,19?,20+,21-/m0/s1. The molecule has 0 spiro atoms. The Bertz CT molecular complexity index is 520. The van der Waals surface area contributed by atoms with Crippen LogP contribution >= 0.6 is 0 Å². The number of carbonyl (C=O) groups excluding carboxylic acids is 1. The molecule has 22 heavy (non-hydrogen) atoms. The second kappa shape index (κ2) is 4.71. The molecule has 1 heteroatoms. The molecule has 122 valence electrons. The van der Waals surface area contributed by atoms with Crippen molar-refractivity contribution in [2.75, 3.05) is 0 Å². The van der Waals surface area contributed by atoms with Gasteiger partial charge in [-0.05, 0) is 73.0 Å². The molecular weight excluding hydrogens is 268 g/mol. The van der Waals surface area contributed by atoms with Crippen LogP contribution in [-0.4, -0.2) is 5.78 Å². The first kappa shape index (κ1) is 15.0. The summed E-state index contributed by atoms with van der Waals surface area (Å²) >= 11 is 0. The number of ketones is 1. The molecule has 1 nitrogen and oxygen atoms in total. The van der Waals surface area contributed by atoms with Crippen molar-refractivity contribution in [3.63, 3.8) is 0 Å². The van der Waals surface area contributed by atoms with Crippen LogP contribution in [0.3, 0.4) is 0 Å². The number of fused-ring (bicyclic) bond motifs is 5. The molecule has 0 N–H and O–H groups in total. The molecule has 0 aromatic heterocycles. The van der Waals surface area contributed by atoms with Gasteiger partial charge in [-0.25, -0.2) is 0 Å². The fourth-order valence-electron chi connectivity index (χ4n) is 7.06. The molecule has 0 aromatic carbocycles. The van der Waals surface area contributed by atoms with Crippen molar-refractivity contribution in [3.8, 4) is 0 Å². The van der Waals surface area contributed by atoms with Crippen molar-refractivity contribution in [1.29, 1.82) is 0 Å². The fraction of sp³-hybridized carbons (Fsp3) is 0.857. The minimum atomic E-state index is 0.266. The highest BCUT2D eigenvalue weighted by Crippen LogP contribution is 2.66. The predicted octanol–water partition coefficient (Wildman–Crippen LogP) is 5.40. The lowest BCUT2D eigenvalue weighted by atomic mass is 9.44. The van der Waals surface area contributed by atoms with E-state index in [1.165, 1.54) is 44.1 Å². The molecule has 7 atom stereocenters. The van der Waals surface area contributed by atoms with Crippen LogP contribution < -0.4 is 0 Å². The largest absolute Gasteiger partial charge is 0.299 e. The van der Waals surface area contributed by atoms with Gasteiger partial charge >= 0.3 is 0 Å². The first-order chi connectivity index (χ1) is 10.4. The van der Waals surface area contributed by atoms with Gasteiger partial charge in [0.05, 0.1) is 0 Å². The SMILES string of the molecule is C=C1CCC2C3C(=O)CC4C[C@@H](C)CC[C@]4(C)C3CC[C@]12C. The van der Waals surface area contributed by atoms with Crippen molar-refractivity contribution in [2.24, 2.45) is 40.4 Å². The zero-order chi connectivity index (χ0) is 15.7. The van der Waals surface area contributed by atoms with E-state index >= 15 is 0 Å². The van der Waals surface area contributed by atoms with Gasteiger partial charge in [-0.1, -0.05) is 39.3 Å². The maximum Gasteiger partial charge on any atom is 0.136 e. The molecule has 0 saturated heterocycles. The summed E-state index contributed by atoms with van der Waals surface area (Å²) in [7, 11) is 0. The molecule has 4 aliphatic carbocycles. The maximum absolute atomic E-state index is 13.1. The molecular formula is C21H32O. The highest BCUT2D eigenvalue weighted by molar-refractivity contribution is 5.83. The topological polar surface area (TPSA) is 17.1 Å². The maximum atomic E-state index is 13.1.